The van der Waals surface area contributed by atoms with Gasteiger partial charge in [-0.25, -0.2) is 0 Å². The SMILES string of the molecule is COc1cc(Cl)ccc1C(=O)NC1CCN(C(=O)C2CC2)CC1. The van der Waals surface area contributed by atoms with Gasteiger partial charge in [-0.2, -0.15) is 0 Å². The number of methoxy groups -OCH3 is 1. The molecule has 23 heavy (non-hydrogen) atoms. The van der Waals surface area contributed by atoms with Crippen molar-refractivity contribution < 1.29 is 14.3 Å². The zero-order valence-corrected chi connectivity index (χ0v) is 13.9. The van der Waals surface area contributed by atoms with Gasteiger partial charge in [0.25, 0.3) is 5.91 Å². The van der Waals surface area contributed by atoms with Crippen LogP contribution in [0.15, 0.2) is 18.2 Å². The summed E-state index contributed by atoms with van der Waals surface area (Å²) in [4.78, 5) is 26.4. The van der Waals surface area contributed by atoms with Gasteiger partial charge in [-0.05, 0) is 43.9 Å². The molecule has 1 saturated carbocycles. The molecule has 0 spiro atoms. The van der Waals surface area contributed by atoms with E-state index in [0.29, 0.717) is 16.3 Å². The van der Waals surface area contributed by atoms with Crippen LogP contribution in [0.1, 0.15) is 36.0 Å². The molecule has 3 rings (SSSR count). The quantitative estimate of drug-likeness (QED) is 0.919. The summed E-state index contributed by atoms with van der Waals surface area (Å²) >= 11 is 5.92. The van der Waals surface area contributed by atoms with Gasteiger partial charge in [0.15, 0.2) is 0 Å². The molecule has 1 heterocycles. The average Bonchev–Trinajstić information content (AvgIpc) is 3.39. The summed E-state index contributed by atoms with van der Waals surface area (Å²) in [5.74, 6) is 0.857. The molecule has 5 nitrogen and oxygen atoms in total. The number of benzene rings is 1. The van der Waals surface area contributed by atoms with Crippen molar-refractivity contribution in [3.8, 4) is 5.75 Å². The zero-order chi connectivity index (χ0) is 16.4. The van der Waals surface area contributed by atoms with Crippen molar-refractivity contribution in [2.45, 2.75) is 31.7 Å². The molecule has 6 heteroatoms. The number of amides is 2. The molecule has 1 aliphatic carbocycles. The van der Waals surface area contributed by atoms with Crippen LogP contribution in [0, 0.1) is 5.92 Å². The van der Waals surface area contributed by atoms with Crippen LogP contribution in [0.25, 0.3) is 0 Å². The van der Waals surface area contributed by atoms with Crippen molar-refractivity contribution in [2.24, 2.45) is 5.92 Å². The number of hydrogen-bond acceptors (Lipinski definition) is 3. The molecule has 0 atom stereocenters. The molecule has 2 fully saturated rings. The van der Waals surface area contributed by atoms with Gasteiger partial charge in [-0.3, -0.25) is 9.59 Å². The lowest BCUT2D eigenvalue weighted by atomic mass is 10.0. The number of carbonyl (C=O) groups is 2. The summed E-state index contributed by atoms with van der Waals surface area (Å²) in [5, 5.41) is 3.57. The Kier molecular flexibility index (Phi) is 4.76. The normalized spacial score (nSPS) is 18.6. The molecule has 1 aliphatic heterocycles. The van der Waals surface area contributed by atoms with Gasteiger partial charge >= 0.3 is 0 Å². The Hall–Kier alpha value is -1.75. The number of likely N-dealkylation sites (tertiary alicyclic amines) is 1. The highest BCUT2D eigenvalue weighted by Gasteiger charge is 2.35. The van der Waals surface area contributed by atoms with Crippen molar-refractivity contribution in [2.75, 3.05) is 20.2 Å². The van der Waals surface area contributed by atoms with Crippen molar-refractivity contribution in [3.63, 3.8) is 0 Å². The van der Waals surface area contributed by atoms with E-state index >= 15 is 0 Å². The standard InChI is InChI=1S/C17H21ClN2O3/c1-23-15-10-12(18)4-5-14(15)16(21)19-13-6-8-20(9-7-13)17(22)11-2-3-11/h4-5,10-11,13H,2-3,6-9H2,1H3,(H,19,21). The minimum Gasteiger partial charge on any atom is -0.496 e. The number of carbonyl (C=O) groups excluding carboxylic acids is 2. The molecule has 2 aliphatic rings. The molecule has 0 radical (unpaired) electrons. The molecule has 124 valence electrons. The van der Waals surface area contributed by atoms with Crippen molar-refractivity contribution >= 4 is 23.4 Å². The van der Waals surface area contributed by atoms with Crippen molar-refractivity contribution in [3.05, 3.63) is 28.8 Å². The third kappa shape index (κ3) is 3.78. The fourth-order valence-electron chi connectivity index (χ4n) is 2.95. The first kappa shape index (κ1) is 16.1. The highest BCUT2D eigenvalue weighted by Crippen LogP contribution is 2.32. The highest BCUT2D eigenvalue weighted by atomic mass is 35.5. The maximum absolute atomic E-state index is 12.4. The van der Waals surface area contributed by atoms with Crippen molar-refractivity contribution in [1.29, 1.82) is 0 Å². The first-order chi connectivity index (χ1) is 11.1. The lowest BCUT2D eigenvalue weighted by molar-refractivity contribution is -0.133. The van der Waals surface area contributed by atoms with Crippen molar-refractivity contribution in [1.82, 2.24) is 10.2 Å². The van der Waals surface area contributed by atoms with E-state index in [1.807, 2.05) is 4.90 Å². The van der Waals surface area contributed by atoms with Crippen LogP contribution < -0.4 is 10.1 Å². The minimum absolute atomic E-state index is 0.0890. The Labute approximate surface area is 140 Å². The van der Waals surface area contributed by atoms with E-state index in [1.165, 1.54) is 7.11 Å². The summed E-state index contributed by atoms with van der Waals surface area (Å²) in [6.45, 7) is 1.44. The number of ether oxygens (including phenoxy) is 1. The van der Waals surface area contributed by atoms with Gasteiger partial charge in [-0.15, -0.1) is 0 Å². The topological polar surface area (TPSA) is 58.6 Å². The summed E-state index contributed by atoms with van der Waals surface area (Å²) in [6.07, 6.45) is 3.65. The number of halogens is 1. The fraction of sp³-hybridized carbons (Fsp3) is 0.529. The van der Waals surface area contributed by atoms with E-state index in [-0.39, 0.29) is 23.8 Å². The molecule has 0 bridgehead atoms. The summed E-state index contributed by atoms with van der Waals surface area (Å²) in [6, 6.07) is 5.07. The van der Waals surface area contributed by atoms with E-state index in [9.17, 15) is 9.59 Å². The fourth-order valence-corrected chi connectivity index (χ4v) is 3.11. The molecule has 1 N–H and O–H groups in total. The monoisotopic (exact) mass is 336 g/mol. The predicted octanol–water partition coefficient (Wildman–Crippen LogP) is 2.48. The van der Waals surface area contributed by atoms with Gasteiger partial charge in [0.05, 0.1) is 12.7 Å². The second-order valence-electron chi connectivity index (χ2n) is 6.19. The molecule has 1 aromatic carbocycles. The van der Waals surface area contributed by atoms with Crippen LogP contribution in [0.5, 0.6) is 5.75 Å². The van der Waals surface area contributed by atoms with Crippen LogP contribution in [0.2, 0.25) is 5.02 Å². The van der Waals surface area contributed by atoms with Crippen LogP contribution in [0.4, 0.5) is 0 Å². The summed E-state index contributed by atoms with van der Waals surface area (Å²) < 4.78 is 5.22. The molecule has 0 unspecified atom stereocenters. The Balaban J connectivity index is 1.56. The largest absolute Gasteiger partial charge is 0.496 e. The number of hydrogen-bond donors (Lipinski definition) is 1. The van der Waals surface area contributed by atoms with Gasteiger partial charge in [0, 0.05) is 30.1 Å². The number of nitrogens with zero attached hydrogens (tertiary/aromatic N) is 1. The van der Waals surface area contributed by atoms with E-state index in [4.69, 9.17) is 16.3 Å². The Bertz CT molecular complexity index is 608. The second-order valence-corrected chi connectivity index (χ2v) is 6.63. The Morgan fingerprint density at radius 3 is 2.52 bits per heavy atom. The second kappa shape index (κ2) is 6.79. The van der Waals surface area contributed by atoms with Gasteiger partial charge in [0.2, 0.25) is 5.91 Å². The minimum atomic E-state index is -0.162. The lowest BCUT2D eigenvalue weighted by Gasteiger charge is -2.32. The summed E-state index contributed by atoms with van der Waals surface area (Å²) in [5.41, 5.74) is 0.480. The summed E-state index contributed by atoms with van der Waals surface area (Å²) in [7, 11) is 1.52. The third-order valence-electron chi connectivity index (χ3n) is 4.48. The predicted molar refractivity (Wildman–Crippen MR) is 87.8 cm³/mol. The molecule has 2 amide bonds. The smallest absolute Gasteiger partial charge is 0.255 e. The lowest BCUT2D eigenvalue weighted by Crippen LogP contribution is -2.47. The number of nitrogens with one attached hydrogen (secondary N) is 1. The molecule has 1 saturated heterocycles. The van der Waals surface area contributed by atoms with Crippen LogP contribution >= 0.6 is 11.6 Å². The molecular weight excluding hydrogens is 316 g/mol. The van der Waals surface area contributed by atoms with Gasteiger partial charge in [0.1, 0.15) is 5.75 Å². The maximum Gasteiger partial charge on any atom is 0.255 e. The average molecular weight is 337 g/mol. The maximum atomic E-state index is 12.4. The van der Waals surface area contributed by atoms with Gasteiger partial charge < -0.3 is 15.0 Å². The van der Waals surface area contributed by atoms with E-state index < -0.39 is 0 Å². The first-order valence-electron chi connectivity index (χ1n) is 8.01. The van der Waals surface area contributed by atoms with Crippen LogP contribution in [-0.4, -0.2) is 43.0 Å². The zero-order valence-electron chi connectivity index (χ0n) is 13.2. The number of piperidine rings is 1. The van der Waals surface area contributed by atoms with Crippen LogP contribution in [-0.2, 0) is 4.79 Å². The molecule has 0 aromatic heterocycles. The Morgan fingerprint density at radius 1 is 1.22 bits per heavy atom. The van der Waals surface area contributed by atoms with Gasteiger partial charge in [-0.1, -0.05) is 11.6 Å². The third-order valence-corrected chi connectivity index (χ3v) is 4.71. The highest BCUT2D eigenvalue weighted by molar-refractivity contribution is 6.30. The Morgan fingerprint density at radius 2 is 1.91 bits per heavy atom. The molecule has 1 aromatic rings. The first-order valence-corrected chi connectivity index (χ1v) is 8.39. The van der Waals surface area contributed by atoms with E-state index in [1.54, 1.807) is 18.2 Å². The van der Waals surface area contributed by atoms with Crippen LogP contribution in [0.3, 0.4) is 0 Å². The number of rotatable bonds is 4. The molecular formula is C17H21ClN2O3. The van der Waals surface area contributed by atoms with E-state index in [2.05, 4.69) is 5.32 Å². The van der Waals surface area contributed by atoms with E-state index in [0.717, 1.165) is 38.8 Å².